The summed E-state index contributed by atoms with van der Waals surface area (Å²) in [6, 6.07) is 4.97. The number of nitrogens with two attached hydrogens (primary N) is 1. The van der Waals surface area contributed by atoms with Gasteiger partial charge in [-0.25, -0.2) is 13.8 Å². The summed E-state index contributed by atoms with van der Waals surface area (Å²) in [5.41, 5.74) is 5.55. The molecule has 1 aromatic heterocycles. The predicted molar refractivity (Wildman–Crippen MR) is 69.2 cm³/mol. The highest BCUT2D eigenvalue weighted by atomic mass is 35.5. The highest BCUT2D eigenvalue weighted by Gasteiger charge is 2.10. The summed E-state index contributed by atoms with van der Waals surface area (Å²) in [5.74, 6) is -1.71. The van der Waals surface area contributed by atoms with E-state index in [4.69, 9.17) is 28.9 Å². The van der Waals surface area contributed by atoms with E-state index in [1.54, 1.807) is 0 Å². The Morgan fingerprint density at radius 3 is 2.44 bits per heavy atom. The Labute approximate surface area is 116 Å². The first-order chi connectivity index (χ1) is 8.47. The van der Waals surface area contributed by atoms with Crippen molar-refractivity contribution in [3.8, 4) is 0 Å². The minimum absolute atomic E-state index is 0.131. The van der Waals surface area contributed by atoms with Gasteiger partial charge in [0.15, 0.2) is 11.6 Å². The van der Waals surface area contributed by atoms with Gasteiger partial charge in [-0.1, -0.05) is 35.0 Å². The van der Waals surface area contributed by atoms with E-state index >= 15 is 0 Å². The molecule has 0 spiro atoms. The molecule has 0 amide bonds. The molecule has 0 fully saturated rings. The highest BCUT2D eigenvalue weighted by Crippen LogP contribution is 2.35. The standard InChI is InChI=1S/C11H6Cl2F2N2S/c12-6-4-7(13)11(17-10(6)16)18-5-1-2-8(14)9(15)3-5/h1-4H,(H2,16,17). The molecule has 18 heavy (non-hydrogen) atoms. The van der Waals surface area contributed by atoms with E-state index in [9.17, 15) is 8.78 Å². The quantitative estimate of drug-likeness (QED) is 0.893. The molecule has 0 aliphatic rings. The van der Waals surface area contributed by atoms with Gasteiger partial charge >= 0.3 is 0 Å². The maximum atomic E-state index is 13.0. The van der Waals surface area contributed by atoms with E-state index in [0.29, 0.717) is 14.9 Å². The summed E-state index contributed by atoms with van der Waals surface area (Å²) in [6.07, 6.45) is 0. The van der Waals surface area contributed by atoms with Gasteiger partial charge in [-0.2, -0.15) is 0 Å². The molecule has 0 aliphatic heterocycles. The van der Waals surface area contributed by atoms with E-state index in [1.165, 1.54) is 12.1 Å². The number of anilines is 1. The summed E-state index contributed by atoms with van der Waals surface area (Å²) in [4.78, 5) is 4.44. The van der Waals surface area contributed by atoms with Gasteiger partial charge in [0.25, 0.3) is 0 Å². The number of hydrogen-bond donors (Lipinski definition) is 1. The minimum Gasteiger partial charge on any atom is -0.382 e. The molecule has 2 rings (SSSR count). The first-order valence-electron chi connectivity index (χ1n) is 4.72. The molecule has 0 saturated heterocycles. The molecule has 7 heteroatoms. The van der Waals surface area contributed by atoms with Crippen LogP contribution in [0.2, 0.25) is 10.0 Å². The fraction of sp³-hybridized carbons (Fsp3) is 0. The molecule has 1 aromatic carbocycles. The van der Waals surface area contributed by atoms with Gasteiger partial charge in [0.2, 0.25) is 0 Å². The lowest BCUT2D eigenvalue weighted by Crippen LogP contribution is -1.93. The summed E-state index contributed by atoms with van der Waals surface area (Å²) in [7, 11) is 0. The molecule has 94 valence electrons. The van der Waals surface area contributed by atoms with Gasteiger partial charge < -0.3 is 5.73 Å². The number of benzene rings is 1. The molecule has 0 aliphatic carbocycles. The zero-order valence-electron chi connectivity index (χ0n) is 8.75. The molecule has 0 radical (unpaired) electrons. The molecule has 1 heterocycles. The van der Waals surface area contributed by atoms with Crippen molar-refractivity contribution >= 4 is 40.8 Å². The summed E-state index contributed by atoms with van der Waals surface area (Å²) >= 11 is 12.7. The van der Waals surface area contributed by atoms with Crippen molar-refractivity contribution in [2.24, 2.45) is 0 Å². The number of nitrogen functional groups attached to an aromatic ring is 1. The lowest BCUT2D eigenvalue weighted by Gasteiger charge is -2.06. The molecular weight excluding hydrogens is 301 g/mol. The van der Waals surface area contributed by atoms with E-state index < -0.39 is 11.6 Å². The van der Waals surface area contributed by atoms with Crippen LogP contribution in [0.25, 0.3) is 0 Å². The zero-order valence-corrected chi connectivity index (χ0v) is 11.1. The van der Waals surface area contributed by atoms with E-state index in [0.717, 1.165) is 23.9 Å². The second kappa shape index (κ2) is 5.30. The number of hydrogen-bond acceptors (Lipinski definition) is 3. The van der Waals surface area contributed by atoms with Crippen molar-refractivity contribution in [2.75, 3.05) is 5.73 Å². The summed E-state index contributed by atoms with van der Waals surface area (Å²) in [5, 5.41) is 0.920. The van der Waals surface area contributed by atoms with Crippen molar-refractivity contribution in [1.82, 2.24) is 4.98 Å². The van der Waals surface area contributed by atoms with Crippen LogP contribution in [0.3, 0.4) is 0 Å². The third-order valence-corrected chi connectivity index (χ3v) is 3.73. The van der Waals surface area contributed by atoms with Gasteiger partial charge in [-0.15, -0.1) is 0 Å². The second-order valence-corrected chi connectivity index (χ2v) is 5.20. The van der Waals surface area contributed by atoms with Gasteiger partial charge in [0.1, 0.15) is 10.8 Å². The van der Waals surface area contributed by atoms with Gasteiger partial charge in [0, 0.05) is 4.90 Å². The molecule has 2 aromatic rings. The van der Waals surface area contributed by atoms with Crippen molar-refractivity contribution in [2.45, 2.75) is 9.92 Å². The maximum absolute atomic E-state index is 13.0. The molecule has 2 nitrogen and oxygen atoms in total. The van der Waals surface area contributed by atoms with E-state index in [2.05, 4.69) is 4.98 Å². The molecule has 2 N–H and O–H groups in total. The fourth-order valence-corrected chi connectivity index (χ4v) is 2.48. The van der Waals surface area contributed by atoms with Crippen LogP contribution in [-0.4, -0.2) is 4.98 Å². The average Bonchev–Trinajstić information content (AvgIpc) is 2.31. The molecule has 0 atom stereocenters. The van der Waals surface area contributed by atoms with Crippen LogP contribution in [0, 0.1) is 11.6 Å². The van der Waals surface area contributed by atoms with Crippen molar-refractivity contribution in [3.63, 3.8) is 0 Å². The third-order valence-electron chi connectivity index (χ3n) is 2.03. The third kappa shape index (κ3) is 2.85. The Morgan fingerprint density at radius 1 is 1.06 bits per heavy atom. The average molecular weight is 307 g/mol. The molecule has 0 bridgehead atoms. The number of nitrogens with zero attached hydrogens (tertiary/aromatic N) is 1. The topological polar surface area (TPSA) is 38.9 Å². The summed E-state index contributed by atoms with van der Waals surface area (Å²) < 4.78 is 25.8. The minimum atomic E-state index is -0.932. The van der Waals surface area contributed by atoms with Crippen LogP contribution in [0.15, 0.2) is 34.2 Å². The van der Waals surface area contributed by atoms with Crippen LogP contribution in [0.4, 0.5) is 14.6 Å². The second-order valence-electron chi connectivity index (χ2n) is 3.32. The molecule has 0 unspecified atom stereocenters. The first-order valence-corrected chi connectivity index (χ1v) is 6.29. The molecular formula is C11H6Cl2F2N2S. The maximum Gasteiger partial charge on any atom is 0.159 e. The van der Waals surface area contributed by atoms with Crippen LogP contribution < -0.4 is 5.73 Å². The lowest BCUT2D eigenvalue weighted by molar-refractivity contribution is 0.506. The SMILES string of the molecule is Nc1nc(Sc2ccc(F)c(F)c2)c(Cl)cc1Cl. The number of aromatic nitrogens is 1. The van der Waals surface area contributed by atoms with Gasteiger partial charge in [-0.05, 0) is 24.3 Å². The monoisotopic (exact) mass is 306 g/mol. The lowest BCUT2D eigenvalue weighted by atomic mass is 10.3. The van der Waals surface area contributed by atoms with Crippen LogP contribution in [0.1, 0.15) is 0 Å². The van der Waals surface area contributed by atoms with E-state index in [-0.39, 0.29) is 10.8 Å². The normalized spacial score (nSPS) is 10.7. The van der Waals surface area contributed by atoms with Crippen LogP contribution in [-0.2, 0) is 0 Å². The Hall–Kier alpha value is -1.04. The van der Waals surface area contributed by atoms with Crippen molar-refractivity contribution in [1.29, 1.82) is 0 Å². The van der Waals surface area contributed by atoms with Gasteiger partial charge in [0.05, 0.1) is 10.0 Å². The summed E-state index contributed by atoms with van der Waals surface area (Å²) in [6.45, 7) is 0. The van der Waals surface area contributed by atoms with E-state index in [1.807, 2.05) is 0 Å². The smallest absolute Gasteiger partial charge is 0.159 e. The predicted octanol–water partition coefficient (Wildman–Crippen LogP) is 4.40. The fourth-order valence-electron chi connectivity index (χ4n) is 1.19. The van der Waals surface area contributed by atoms with Crippen LogP contribution in [0.5, 0.6) is 0 Å². The van der Waals surface area contributed by atoms with Crippen LogP contribution >= 0.6 is 35.0 Å². The Balaban J connectivity index is 2.34. The number of pyridine rings is 1. The largest absolute Gasteiger partial charge is 0.382 e. The van der Waals surface area contributed by atoms with Gasteiger partial charge in [-0.3, -0.25) is 0 Å². The first kappa shape index (κ1) is 13.4. The van der Waals surface area contributed by atoms with Crippen molar-refractivity contribution in [3.05, 3.63) is 45.9 Å². The number of rotatable bonds is 2. The highest BCUT2D eigenvalue weighted by molar-refractivity contribution is 7.99. The Bertz CT molecular complexity index is 608. The molecule has 0 saturated carbocycles. The Morgan fingerprint density at radius 2 is 1.78 bits per heavy atom. The number of halogens is 4. The zero-order chi connectivity index (χ0) is 13.3. The Kier molecular flexibility index (Phi) is 3.94. The van der Waals surface area contributed by atoms with Crippen molar-refractivity contribution < 1.29 is 8.78 Å².